The minimum atomic E-state index is -0.580. The molecule has 0 aliphatic heterocycles. The van der Waals surface area contributed by atoms with Gasteiger partial charge in [0.1, 0.15) is 6.04 Å². The van der Waals surface area contributed by atoms with Crippen molar-refractivity contribution < 1.29 is 14.0 Å². The maximum atomic E-state index is 11.9. The zero-order chi connectivity index (χ0) is 17.5. The summed E-state index contributed by atoms with van der Waals surface area (Å²) in [6, 6.07) is 7.15. The topological polar surface area (TPSA) is 97.1 Å². The van der Waals surface area contributed by atoms with E-state index in [0.717, 1.165) is 22.9 Å². The van der Waals surface area contributed by atoms with Gasteiger partial charge in [-0.25, -0.2) is 0 Å². The van der Waals surface area contributed by atoms with Crippen LogP contribution in [0, 0.1) is 6.92 Å². The number of amides is 2. The number of likely N-dealkylation sites (N-methyl/N-ethyl adjacent to an activating group) is 1. The fourth-order valence-electron chi connectivity index (χ4n) is 1.97. The second kappa shape index (κ2) is 8.49. The predicted octanol–water partition coefficient (Wildman–Crippen LogP) is 1.78. The number of aryl methyl sites for hydroxylation is 1. The van der Waals surface area contributed by atoms with Crippen molar-refractivity contribution in [3.63, 3.8) is 0 Å². The van der Waals surface area contributed by atoms with E-state index in [0.29, 0.717) is 17.7 Å². The van der Waals surface area contributed by atoms with Crippen molar-refractivity contribution in [3.05, 3.63) is 29.8 Å². The molecule has 24 heavy (non-hydrogen) atoms. The molecule has 2 amide bonds. The van der Waals surface area contributed by atoms with Crippen LogP contribution in [0.2, 0.25) is 0 Å². The molecule has 0 spiro atoms. The van der Waals surface area contributed by atoms with Gasteiger partial charge in [0.25, 0.3) is 5.22 Å². The van der Waals surface area contributed by atoms with Gasteiger partial charge in [-0.05, 0) is 32.9 Å². The van der Waals surface area contributed by atoms with Crippen LogP contribution in [-0.2, 0) is 9.59 Å². The first kappa shape index (κ1) is 18.0. The van der Waals surface area contributed by atoms with Gasteiger partial charge in [0, 0.05) is 12.1 Å². The molecule has 1 aromatic heterocycles. The molecule has 0 unspecified atom stereocenters. The van der Waals surface area contributed by atoms with Crippen LogP contribution in [0.5, 0.6) is 0 Å². The SMILES string of the molecule is CCNC(=O)[C@@H](C)NC(=O)CSc1nnc(-c2cccc(C)c2)o1. The Hall–Kier alpha value is -2.35. The van der Waals surface area contributed by atoms with E-state index in [2.05, 4.69) is 20.8 Å². The van der Waals surface area contributed by atoms with Crippen molar-refractivity contribution in [3.8, 4) is 11.5 Å². The Morgan fingerprint density at radius 1 is 1.33 bits per heavy atom. The zero-order valence-corrected chi connectivity index (χ0v) is 14.6. The monoisotopic (exact) mass is 348 g/mol. The Balaban J connectivity index is 1.87. The summed E-state index contributed by atoms with van der Waals surface area (Å²) in [5.41, 5.74) is 1.93. The summed E-state index contributed by atoms with van der Waals surface area (Å²) in [7, 11) is 0. The fourth-order valence-corrected chi connectivity index (χ4v) is 2.54. The van der Waals surface area contributed by atoms with Crippen LogP contribution in [0.25, 0.3) is 11.5 Å². The molecule has 128 valence electrons. The maximum Gasteiger partial charge on any atom is 0.277 e. The second-order valence-corrected chi connectivity index (χ2v) is 6.14. The lowest BCUT2D eigenvalue weighted by Gasteiger charge is -2.12. The van der Waals surface area contributed by atoms with Crippen molar-refractivity contribution in [1.29, 1.82) is 0 Å². The van der Waals surface area contributed by atoms with Crippen molar-refractivity contribution in [2.24, 2.45) is 0 Å². The Labute approximate surface area is 144 Å². The maximum absolute atomic E-state index is 11.9. The molecule has 0 fully saturated rings. The molecule has 7 nitrogen and oxygen atoms in total. The van der Waals surface area contributed by atoms with Gasteiger partial charge >= 0.3 is 0 Å². The smallest absolute Gasteiger partial charge is 0.277 e. The van der Waals surface area contributed by atoms with Crippen LogP contribution < -0.4 is 10.6 Å². The summed E-state index contributed by atoms with van der Waals surface area (Å²) in [5.74, 6) is 0.0286. The molecule has 1 atom stereocenters. The van der Waals surface area contributed by atoms with E-state index in [4.69, 9.17) is 4.42 Å². The van der Waals surface area contributed by atoms with E-state index in [1.807, 2.05) is 38.1 Å². The van der Waals surface area contributed by atoms with E-state index in [-0.39, 0.29) is 17.6 Å². The molecule has 2 aromatic rings. The first-order valence-corrected chi connectivity index (χ1v) is 8.58. The third-order valence-corrected chi connectivity index (χ3v) is 3.94. The second-order valence-electron chi connectivity index (χ2n) is 5.22. The molecule has 0 aliphatic rings. The van der Waals surface area contributed by atoms with Gasteiger partial charge in [0.15, 0.2) is 0 Å². The fraction of sp³-hybridized carbons (Fsp3) is 0.375. The van der Waals surface area contributed by atoms with Crippen molar-refractivity contribution in [1.82, 2.24) is 20.8 Å². The normalized spacial score (nSPS) is 11.8. The minimum absolute atomic E-state index is 0.0964. The van der Waals surface area contributed by atoms with Gasteiger partial charge in [-0.15, -0.1) is 10.2 Å². The Bertz CT molecular complexity index is 717. The first-order chi connectivity index (χ1) is 11.5. The molecule has 1 heterocycles. The van der Waals surface area contributed by atoms with Crippen molar-refractivity contribution >= 4 is 23.6 Å². The van der Waals surface area contributed by atoms with Gasteiger partial charge in [0.05, 0.1) is 5.75 Å². The summed E-state index contributed by atoms with van der Waals surface area (Å²) < 4.78 is 5.55. The molecular weight excluding hydrogens is 328 g/mol. The minimum Gasteiger partial charge on any atom is -0.411 e. The van der Waals surface area contributed by atoms with E-state index in [1.54, 1.807) is 6.92 Å². The average Bonchev–Trinajstić information content (AvgIpc) is 3.02. The van der Waals surface area contributed by atoms with Crippen LogP contribution in [0.4, 0.5) is 0 Å². The summed E-state index contributed by atoms with van der Waals surface area (Å²) in [6.07, 6.45) is 0. The molecular formula is C16H20N4O3S. The molecule has 0 aliphatic carbocycles. The summed E-state index contributed by atoms with van der Waals surface area (Å²) in [4.78, 5) is 23.4. The Morgan fingerprint density at radius 2 is 2.12 bits per heavy atom. The summed E-state index contributed by atoms with van der Waals surface area (Å²) in [5, 5.41) is 13.5. The van der Waals surface area contributed by atoms with Crippen LogP contribution in [0.1, 0.15) is 19.4 Å². The van der Waals surface area contributed by atoms with E-state index < -0.39 is 6.04 Å². The average molecular weight is 348 g/mol. The Kier molecular flexibility index (Phi) is 6.36. The molecule has 2 N–H and O–H groups in total. The lowest BCUT2D eigenvalue weighted by molar-refractivity contribution is -0.127. The quantitative estimate of drug-likeness (QED) is 0.740. The predicted molar refractivity (Wildman–Crippen MR) is 91.5 cm³/mol. The molecule has 8 heteroatoms. The highest BCUT2D eigenvalue weighted by atomic mass is 32.2. The third kappa shape index (κ3) is 5.09. The van der Waals surface area contributed by atoms with E-state index in [9.17, 15) is 9.59 Å². The van der Waals surface area contributed by atoms with Crippen LogP contribution in [0.3, 0.4) is 0 Å². The number of aromatic nitrogens is 2. The van der Waals surface area contributed by atoms with Crippen LogP contribution in [0.15, 0.2) is 33.9 Å². The Morgan fingerprint density at radius 3 is 2.83 bits per heavy atom. The molecule has 0 radical (unpaired) electrons. The number of nitrogens with zero attached hydrogens (tertiary/aromatic N) is 2. The molecule has 1 aromatic carbocycles. The lowest BCUT2D eigenvalue weighted by atomic mass is 10.1. The standard InChI is InChI=1S/C16H20N4O3S/c1-4-17-14(22)11(3)18-13(21)9-24-16-20-19-15(23-16)12-7-5-6-10(2)8-12/h5-8,11H,4,9H2,1-3H3,(H,17,22)(H,18,21)/t11-/m1/s1. The number of nitrogens with one attached hydrogen (secondary N) is 2. The van der Waals surface area contributed by atoms with Gasteiger partial charge in [-0.2, -0.15) is 0 Å². The largest absolute Gasteiger partial charge is 0.411 e. The van der Waals surface area contributed by atoms with Crippen molar-refractivity contribution in [2.75, 3.05) is 12.3 Å². The van der Waals surface area contributed by atoms with Gasteiger partial charge < -0.3 is 15.1 Å². The number of carbonyl (C=O) groups excluding carboxylic acids is 2. The van der Waals surface area contributed by atoms with Gasteiger partial charge in [-0.1, -0.05) is 29.5 Å². The number of benzene rings is 1. The van der Waals surface area contributed by atoms with E-state index in [1.165, 1.54) is 0 Å². The van der Waals surface area contributed by atoms with E-state index >= 15 is 0 Å². The highest BCUT2D eigenvalue weighted by Gasteiger charge is 2.16. The number of hydrogen-bond donors (Lipinski definition) is 2. The molecule has 0 bridgehead atoms. The zero-order valence-electron chi connectivity index (χ0n) is 13.8. The number of carbonyl (C=O) groups is 2. The molecule has 2 rings (SSSR count). The first-order valence-electron chi connectivity index (χ1n) is 7.60. The van der Waals surface area contributed by atoms with Crippen molar-refractivity contribution in [2.45, 2.75) is 32.0 Å². The highest BCUT2D eigenvalue weighted by molar-refractivity contribution is 7.99. The number of hydrogen-bond acceptors (Lipinski definition) is 6. The van der Waals surface area contributed by atoms with Gasteiger partial charge in [0.2, 0.25) is 17.7 Å². The number of rotatable bonds is 7. The third-order valence-electron chi connectivity index (χ3n) is 3.12. The summed E-state index contributed by atoms with van der Waals surface area (Å²) >= 11 is 1.13. The molecule has 0 saturated carbocycles. The van der Waals surface area contributed by atoms with Crippen LogP contribution >= 0.6 is 11.8 Å². The highest BCUT2D eigenvalue weighted by Crippen LogP contribution is 2.23. The van der Waals surface area contributed by atoms with Gasteiger partial charge in [-0.3, -0.25) is 9.59 Å². The number of thioether (sulfide) groups is 1. The summed E-state index contributed by atoms with van der Waals surface area (Å²) in [6.45, 7) is 5.97. The molecule has 0 saturated heterocycles. The lowest BCUT2D eigenvalue weighted by Crippen LogP contribution is -2.45. The van der Waals surface area contributed by atoms with Crippen LogP contribution in [-0.4, -0.2) is 40.4 Å².